The SMILES string of the molecule is CN1C(=C(C#N)C(=O)C2CCCCN2C(=O)OC(C)(C)C)N(C)c2ccccc21. The molecule has 2 aliphatic rings. The third-order valence-electron chi connectivity index (χ3n) is 5.26. The molecule has 29 heavy (non-hydrogen) atoms. The van der Waals surface area contributed by atoms with Crippen molar-refractivity contribution in [3.8, 4) is 6.07 Å². The molecule has 1 amide bonds. The van der Waals surface area contributed by atoms with E-state index in [1.165, 1.54) is 4.90 Å². The number of hydrogen-bond donors (Lipinski definition) is 0. The van der Waals surface area contributed by atoms with Gasteiger partial charge < -0.3 is 14.5 Å². The van der Waals surface area contributed by atoms with Crippen LogP contribution in [0.2, 0.25) is 0 Å². The van der Waals surface area contributed by atoms with Crippen molar-refractivity contribution in [2.45, 2.75) is 51.7 Å². The average molecular weight is 396 g/mol. The summed E-state index contributed by atoms with van der Waals surface area (Å²) in [6.07, 6.45) is 1.66. The first-order chi connectivity index (χ1) is 13.7. The van der Waals surface area contributed by atoms with Gasteiger partial charge in [0.1, 0.15) is 23.1 Å². The predicted molar refractivity (Wildman–Crippen MR) is 111 cm³/mol. The van der Waals surface area contributed by atoms with Crippen molar-refractivity contribution in [2.75, 3.05) is 30.4 Å². The Morgan fingerprint density at radius 1 is 1.10 bits per heavy atom. The Morgan fingerprint density at radius 2 is 1.69 bits per heavy atom. The topological polar surface area (TPSA) is 76.9 Å². The summed E-state index contributed by atoms with van der Waals surface area (Å²) in [6, 6.07) is 9.17. The molecular formula is C22H28N4O3. The van der Waals surface area contributed by atoms with Crippen LogP contribution in [0.15, 0.2) is 35.7 Å². The first-order valence-electron chi connectivity index (χ1n) is 9.90. The smallest absolute Gasteiger partial charge is 0.410 e. The highest BCUT2D eigenvalue weighted by Crippen LogP contribution is 2.40. The van der Waals surface area contributed by atoms with Crippen molar-refractivity contribution >= 4 is 23.3 Å². The van der Waals surface area contributed by atoms with Crippen LogP contribution < -0.4 is 9.80 Å². The van der Waals surface area contributed by atoms with E-state index in [-0.39, 0.29) is 11.4 Å². The van der Waals surface area contributed by atoms with Gasteiger partial charge in [0.2, 0.25) is 0 Å². The van der Waals surface area contributed by atoms with E-state index in [2.05, 4.69) is 6.07 Å². The quantitative estimate of drug-likeness (QED) is 0.561. The molecule has 1 atom stereocenters. The minimum Gasteiger partial charge on any atom is -0.444 e. The molecule has 1 saturated heterocycles. The molecule has 0 aromatic heterocycles. The monoisotopic (exact) mass is 396 g/mol. The number of piperidine rings is 1. The number of ether oxygens (including phenoxy) is 1. The Hall–Kier alpha value is -3.01. The highest BCUT2D eigenvalue weighted by atomic mass is 16.6. The standard InChI is InChI=1S/C22H28N4O3/c1-22(2,3)29-21(28)26-13-9-8-12-18(26)19(27)15(14-23)20-24(4)16-10-6-7-11-17(16)25(20)5/h6-7,10-11,18H,8-9,12-13H2,1-5H3. The van der Waals surface area contributed by atoms with Gasteiger partial charge in [0.15, 0.2) is 5.78 Å². The zero-order valence-corrected chi connectivity index (χ0v) is 17.7. The molecule has 0 radical (unpaired) electrons. The first-order valence-corrected chi connectivity index (χ1v) is 9.90. The number of nitriles is 1. The lowest BCUT2D eigenvalue weighted by Crippen LogP contribution is -2.50. The maximum atomic E-state index is 13.5. The second-order valence-electron chi connectivity index (χ2n) is 8.47. The summed E-state index contributed by atoms with van der Waals surface area (Å²) in [4.78, 5) is 31.3. The summed E-state index contributed by atoms with van der Waals surface area (Å²) in [7, 11) is 3.68. The van der Waals surface area contributed by atoms with Gasteiger partial charge in [0.25, 0.3) is 0 Å². The van der Waals surface area contributed by atoms with Gasteiger partial charge >= 0.3 is 6.09 Å². The average Bonchev–Trinajstić information content (AvgIpc) is 2.93. The molecule has 7 heteroatoms. The molecule has 0 spiro atoms. The van der Waals surface area contributed by atoms with E-state index in [0.29, 0.717) is 18.8 Å². The molecule has 0 saturated carbocycles. The maximum absolute atomic E-state index is 13.5. The van der Waals surface area contributed by atoms with Crippen molar-refractivity contribution in [3.05, 3.63) is 35.7 Å². The van der Waals surface area contributed by atoms with E-state index < -0.39 is 17.7 Å². The number of hydrogen-bond acceptors (Lipinski definition) is 6. The van der Waals surface area contributed by atoms with E-state index in [1.54, 1.807) is 20.8 Å². The Labute approximate surface area is 172 Å². The molecule has 0 N–H and O–H groups in total. The second-order valence-corrected chi connectivity index (χ2v) is 8.47. The summed E-state index contributed by atoms with van der Waals surface area (Å²) in [5.74, 6) is 0.202. The van der Waals surface area contributed by atoms with E-state index in [0.717, 1.165) is 24.2 Å². The highest BCUT2D eigenvalue weighted by molar-refractivity contribution is 6.06. The van der Waals surface area contributed by atoms with Crippen LogP contribution in [-0.4, -0.2) is 49.1 Å². The number of carbonyl (C=O) groups is 2. The first kappa shape index (κ1) is 20.7. The summed E-state index contributed by atoms with van der Waals surface area (Å²) in [6.45, 7) is 5.85. The number of ketones is 1. The number of carbonyl (C=O) groups excluding carboxylic acids is 2. The van der Waals surface area contributed by atoms with Gasteiger partial charge in [-0.15, -0.1) is 0 Å². The van der Waals surface area contributed by atoms with Crippen molar-refractivity contribution in [2.24, 2.45) is 0 Å². The van der Waals surface area contributed by atoms with E-state index in [4.69, 9.17) is 4.74 Å². The van der Waals surface area contributed by atoms with Crippen LogP contribution in [0.5, 0.6) is 0 Å². The molecule has 7 nitrogen and oxygen atoms in total. The molecule has 2 heterocycles. The molecule has 0 aliphatic carbocycles. The number of rotatable bonds is 2. The van der Waals surface area contributed by atoms with Crippen molar-refractivity contribution < 1.29 is 14.3 Å². The molecule has 0 bridgehead atoms. The molecule has 1 unspecified atom stereocenters. The van der Waals surface area contributed by atoms with Gasteiger partial charge in [0, 0.05) is 20.6 Å². The molecule has 1 aromatic carbocycles. The fourth-order valence-electron chi connectivity index (χ4n) is 3.95. The normalized spacial score (nSPS) is 19.0. The number of Topliss-reactive ketones (excluding diaryl/α,β-unsaturated/α-hetero) is 1. The fourth-order valence-corrected chi connectivity index (χ4v) is 3.95. The fraction of sp³-hybridized carbons (Fsp3) is 0.500. The van der Waals surface area contributed by atoms with Crippen LogP contribution in [-0.2, 0) is 9.53 Å². The Balaban J connectivity index is 1.95. The summed E-state index contributed by atoms with van der Waals surface area (Å²) in [5, 5.41) is 9.90. The molecule has 3 rings (SSSR count). The summed E-state index contributed by atoms with van der Waals surface area (Å²) < 4.78 is 5.50. The summed E-state index contributed by atoms with van der Waals surface area (Å²) in [5.41, 5.74) is 1.27. The van der Waals surface area contributed by atoms with Crippen LogP contribution in [0.3, 0.4) is 0 Å². The molecule has 1 fully saturated rings. The Kier molecular flexibility index (Phi) is 5.56. The van der Waals surface area contributed by atoms with Crippen LogP contribution in [0.4, 0.5) is 16.2 Å². The van der Waals surface area contributed by atoms with Gasteiger partial charge in [-0.25, -0.2) is 4.79 Å². The molecule has 154 valence electrons. The van der Waals surface area contributed by atoms with E-state index in [1.807, 2.05) is 48.2 Å². The zero-order valence-electron chi connectivity index (χ0n) is 17.7. The number of para-hydroxylation sites is 2. The minimum atomic E-state index is -0.689. The number of benzene rings is 1. The van der Waals surface area contributed by atoms with Crippen molar-refractivity contribution in [3.63, 3.8) is 0 Å². The van der Waals surface area contributed by atoms with Crippen molar-refractivity contribution in [1.29, 1.82) is 5.26 Å². The lowest BCUT2D eigenvalue weighted by Gasteiger charge is -2.36. The lowest BCUT2D eigenvalue weighted by molar-refractivity contribution is -0.121. The molecular weight excluding hydrogens is 368 g/mol. The van der Waals surface area contributed by atoms with E-state index in [9.17, 15) is 14.9 Å². The lowest BCUT2D eigenvalue weighted by atomic mass is 9.94. The number of amides is 1. The number of nitrogens with zero attached hydrogens (tertiary/aromatic N) is 4. The van der Waals surface area contributed by atoms with Gasteiger partial charge in [0.05, 0.1) is 17.4 Å². The third kappa shape index (κ3) is 3.93. The summed E-state index contributed by atoms with van der Waals surface area (Å²) >= 11 is 0. The van der Waals surface area contributed by atoms with Crippen LogP contribution in [0, 0.1) is 11.3 Å². The second kappa shape index (κ2) is 7.78. The van der Waals surface area contributed by atoms with Crippen LogP contribution in [0.25, 0.3) is 0 Å². The van der Waals surface area contributed by atoms with Gasteiger partial charge in [-0.05, 0) is 52.2 Å². The van der Waals surface area contributed by atoms with Gasteiger partial charge in [-0.2, -0.15) is 5.26 Å². The minimum absolute atomic E-state index is 0.0617. The Bertz CT molecular complexity index is 863. The molecule has 2 aliphatic heterocycles. The van der Waals surface area contributed by atoms with Crippen molar-refractivity contribution in [1.82, 2.24) is 4.90 Å². The number of fused-ring (bicyclic) bond motifs is 1. The van der Waals surface area contributed by atoms with Crippen LogP contribution in [0.1, 0.15) is 40.0 Å². The van der Waals surface area contributed by atoms with Gasteiger partial charge in [-0.3, -0.25) is 9.69 Å². The third-order valence-corrected chi connectivity index (χ3v) is 5.26. The predicted octanol–water partition coefficient (Wildman–Crippen LogP) is 3.67. The maximum Gasteiger partial charge on any atom is 0.410 e. The number of likely N-dealkylation sites (tertiary alicyclic amines) is 1. The van der Waals surface area contributed by atoms with Crippen LogP contribution >= 0.6 is 0 Å². The highest BCUT2D eigenvalue weighted by Gasteiger charge is 2.39. The zero-order chi connectivity index (χ0) is 21.3. The largest absolute Gasteiger partial charge is 0.444 e. The van der Waals surface area contributed by atoms with Gasteiger partial charge in [-0.1, -0.05) is 12.1 Å². The Morgan fingerprint density at radius 3 is 2.21 bits per heavy atom. The molecule has 1 aromatic rings. The van der Waals surface area contributed by atoms with E-state index >= 15 is 0 Å². The number of anilines is 2.